The van der Waals surface area contributed by atoms with Crippen LogP contribution in [0.15, 0.2) is 42.5 Å². The molecule has 172 valence electrons. The number of halogens is 3. The van der Waals surface area contributed by atoms with Crippen molar-refractivity contribution in [2.24, 2.45) is 0 Å². The smallest absolute Gasteiger partial charge is 0.445 e. The summed E-state index contributed by atoms with van der Waals surface area (Å²) >= 11 is 0.504. The number of carbonyl (C=O) groups is 1. The third kappa shape index (κ3) is 4.58. The quantitative estimate of drug-likeness (QED) is 0.506. The molecule has 1 atom stereocenters. The number of ether oxygens (including phenoxy) is 2. The first kappa shape index (κ1) is 21.8. The highest BCUT2D eigenvalue weighted by atomic mass is 32.1. The van der Waals surface area contributed by atoms with Gasteiger partial charge in [-0.2, -0.15) is 13.2 Å². The molecular weight excluding hydrogens is 455 g/mol. The standard InChI is InChI=1S/C23H20F3N3O3S/c24-23(25,26)22-28-27-20(33-22)15-8-6-14(7-9-15)11-29-12-16-3-1-5-18(19(16)21(29)30)32-13-17-4-2-10-31-17/h1,3,5-9,17H,2,4,10-13H2. The van der Waals surface area contributed by atoms with Crippen molar-refractivity contribution in [1.29, 1.82) is 0 Å². The fraction of sp³-hybridized carbons (Fsp3) is 0.348. The van der Waals surface area contributed by atoms with Gasteiger partial charge in [-0.25, -0.2) is 0 Å². The normalized spacial score (nSPS) is 18.1. The Kier molecular flexibility index (Phi) is 5.79. The molecule has 2 aromatic carbocycles. The van der Waals surface area contributed by atoms with Gasteiger partial charge in [0.05, 0.1) is 11.7 Å². The Morgan fingerprint density at radius 2 is 1.97 bits per heavy atom. The zero-order valence-electron chi connectivity index (χ0n) is 17.5. The van der Waals surface area contributed by atoms with Crippen molar-refractivity contribution in [1.82, 2.24) is 15.1 Å². The minimum absolute atomic E-state index is 0.0622. The van der Waals surface area contributed by atoms with Crippen LogP contribution in [-0.2, 0) is 24.0 Å². The Labute approximate surface area is 192 Å². The minimum atomic E-state index is -4.51. The fourth-order valence-corrected chi connectivity index (χ4v) is 4.74. The van der Waals surface area contributed by atoms with Gasteiger partial charge >= 0.3 is 6.18 Å². The lowest BCUT2D eigenvalue weighted by Gasteiger charge is -2.16. The largest absolute Gasteiger partial charge is 0.490 e. The third-order valence-electron chi connectivity index (χ3n) is 5.67. The summed E-state index contributed by atoms with van der Waals surface area (Å²) in [6.07, 6.45) is -2.46. The molecule has 6 nitrogen and oxygen atoms in total. The predicted molar refractivity (Wildman–Crippen MR) is 115 cm³/mol. The summed E-state index contributed by atoms with van der Waals surface area (Å²) in [5.74, 6) is 0.471. The molecule has 1 unspecified atom stereocenters. The topological polar surface area (TPSA) is 64.6 Å². The summed E-state index contributed by atoms with van der Waals surface area (Å²) < 4.78 is 49.8. The Bertz CT molecular complexity index is 1160. The lowest BCUT2D eigenvalue weighted by molar-refractivity contribution is -0.138. The summed E-state index contributed by atoms with van der Waals surface area (Å²) in [5, 5.41) is 6.09. The average Bonchev–Trinajstić information content (AvgIpc) is 3.54. The lowest BCUT2D eigenvalue weighted by atomic mass is 10.1. The molecule has 1 saturated heterocycles. The van der Waals surface area contributed by atoms with E-state index in [1.165, 1.54) is 0 Å². The molecule has 0 bridgehead atoms. The SMILES string of the molecule is O=C1c2c(cccc2OCC2CCCO2)CN1Cc1ccc(-c2nnc(C(F)(F)F)s2)cc1. The van der Waals surface area contributed by atoms with Crippen LogP contribution in [0.4, 0.5) is 13.2 Å². The molecule has 0 spiro atoms. The zero-order chi connectivity index (χ0) is 23.0. The number of carbonyl (C=O) groups excluding carboxylic acids is 1. The van der Waals surface area contributed by atoms with E-state index in [-0.39, 0.29) is 17.0 Å². The zero-order valence-corrected chi connectivity index (χ0v) is 18.3. The molecule has 5 rings (SSSR count). The second-order valence-electron chi connectivity index (χ2n) is 8.00. The molecule has 0 aliphatic carbocycles. The van der Waals surface area contributed by atoms with Crippen LogP contribution < -0.4 is 4.74 Å². The summed E-state index contributed by atoms with van der Waals surface area (Å²) in [5.41, 5.74) is 2.91. The van der Waals surface area contributed by atoms with E-state index in [2.05, 4.69) is 10.2 Å². The lowest BCUT2D eigenvalue weighted by Crippen LogP contribution is -2.24. The maximum atomic E-state index is 13.1. The summed E-state index contributed by atoms with van der Waals surface area (Å²) in [6, 6.07) is 12.6. The molecule has 0 radical (unpaired) electrons. The Balaban J connectivity index is 1.26. The maximum absolute atomic E-state index is 13.1. The van der Waals surface area contributed by atoms with Crippen LogP contribution in [0.25, 0.3) is 10.6 Å². The molecule has 2 aliphatic rings. The molecule has 1 aromatic heterocycles. The van der Waals surface area contributed by atoms with Crippen LogP contribution in [0.3, 0.4) is 0 Å². The van der Waals surface area contributed by atoms with Crippen molar-refractivity contribution in [3.8, 4) is 16.3 Å². The molecule has 3 heterocycles. The van der Waals surface area contributed by atoms with E-state index in [4.69, 9.17) is 9.47 Å². The second-order valence-corrected chi connectivity index (χ2v) is 8.98. The number of hydrogen-bond donors (Lipinski definition) is 0. The molecule has 33 heavy (non-hydrogen) atoms. The van der Waals surface area contributed by atoms with Gasteiger partial charge in [-0.1, -0.05) is 47.7 Å². The minimum Gasteiger partial charge on any atom is -0.490 e. The average molecular weight is 475 g/mol. The molecular formula is C23H20F3N3O3S. The van der Waals surface area contributed by atoms with Crippen LogP contribution in [0.5, 0.6) is 5.75 Å². The number of amides is 1. The number of alkyl halides is 3. The fourth-order valence-electron chi connectivity index (χ4n) is 4.02. The van der Waals surface area contributed by atoms with Crippen molar-refractivity contribution in [3.05, 3.63) is 64.2 Å². The number of rotatable bonds is 6. The number of nitrogens with zero attached hydrogens (tertiary/aromatic N) is 3. The van der Waals surface area contributed by atoms with Crippen LogP contribution in [0.1, 0.15) is 39.3 Å². The summed E-state index contributed by atoms with van der Waals surface area (Å²) in [6.45, 7) is 2.02. The van der Waals surface area contributed by atoms with Gasteiger partial charge in [-0.15, -0.1) is 10.2 Å². The maximum Gasteiger partial charge on any atom is 0.445 e. The number of benzene rings is 2. The van der Waals surface area contributed by atoms with Gasteiger partial charge in [0.1, 0.15) is 17.4 Å². The molecule has 1 fully saturated rings. The van der Waals surface area contributed by atoms with Crippen LogP contribution in [0.2, 0.25) is 0 Å². The highest BCUT2D eigenvalue weighted by Crippen LogP contribution is 2.35. The number of aromatic nitrogens is 2. The molecule has 0 N–H and O–H groups in total. The molecule has 1 amide bonds. The van der Waals surface area contributed by atoms with Crippen molar-refractivity contribution >= 4 is 17.2 Å². The van der Waals surface area contributed by atoms with E-state index < -0.39 is 11.2 Å². The Morgan fingerprint density at radius 1 is 1.15 bits per heavy atom. The van der Waals surface area contributed by atoms with Crippen molar-refractivity contribution < 1.29 is 27.4 Å². The number of fused-ring (bicyclic) bond motifs is 1. The highest BCUT2D eigenvalue weighted by molar-refractivity contribution is 7.14. The van der Waals surface area contributed by atoms with E-state index in [9.17, 15) is 18.0 Å². The van der Waals surface area contributed by atoms with Crippen LogP contribution in [-0.4, -0.2) is 40.3 Å². The van der Waals surface area contributed by atoms with Gasteiger partial charge in [0.15, 0.2) is 0 Å². The summed E-state index contributed by atoms with van der Waals surface area (Å²) in [7, 11) is 0. The molecule has 10 heteroatoms. The van der Waals surface area contributed by atoms with E-state index in [0.717, 1.165) is 30.6 Å². The van der Waals surface area contributed by atoms with E-state index in [1.54, 1.807) is 35.2 Å². The van der Waals surface area contributed by atoms with Gasteiger partial charge in [-0.3, -0.25) is 4.79 Å². The van der Waals surface area contributed by atoms with Crippen LogP contribution >= 0.6 is 11.3 Å². The first-order valence-corrected chi connectivity index (χ1v) is 11.4. The Hall–Kier alpha value is -2.98. The molecule has 0 saturated carbocycles. The Morgan fingerprint density at radius 3 is 2.67 bits per heavy atom. The van der Waals surface area contributed by atoms with Gasteiger partial charge in [0.25, 0.3) is 5.91 Å². The first-order valence-electron chi connectivity index (χ1n) is 10.5. The second kappa shape index (κ2) is 8.75. The summed E-state index contributed by atoms with van der Waals surface area (Å²) in [4.78, 5) is 14.8. The van der Waals surface area contributed by atoms with Gasteiger partial charge < -0.3 is 14.4 Å². The van der Waals surface area contributed by atoms with Crippen LogP contribution in [0, 0.1) is 0 Å². The number of hydrogen-bond acceptors (Lipinski definition) is 6. The van der Waals surface area contributed by atoms with Gasteiger partial charge in [0, 0.05) is 25.3 Å². The van der Waals surface area contributed by atoms with Gasteiger partial charge in [-0.05, 0) is 30.0 Å². The van der Waals surface area contributed by atoms with Crippen molar-refractivity contribution in [2.45, 2.75) is 38.2 Å². The predicted octanol–water partition coefficient (Wildman–Crippen LogP) is 4.94. The van der Waals surface area contributed by atoms with E-state index >= 15 is 0 Å². The van der Waals surface area contributed by atoms with E-state index in [1.807, 2.05) is 12.1 Å². The van der Waals surface area contributed by atoms with Gasteiger partial charge in [0.2, 0.25) is 5.01 Å². The van der Waals surface area contributed by atoms with Crippen molar-refractivity contribution in [2.75, 3.05) is 13.2 Å². The van der Waals surface area contributed by atoms with E-state index in [0.29, 0.717) is 47.9 Å². The third-order valence-corrected chi connectivity index (χ3v) is 6.68. The monoisotopic (exact) mass is 475 g/mol. The highest BCUT2D eigenvalue weighted by Gasteiger charge is 2.36. The van der Waals surface area contributed by atoms with Crippen molar-refractivity contribution in [3.63, 3.8) is 0 Å². The first-order chi connectivity index (χ1) is 15.9. The molecule has 2 aliphatic heterocycles. The molecule has 3 aromatic rings.